The number of carboxylic acid groups (broad SMARTS) is 1. The van der Waals surface area contributed by atoms with Gasteiger partial charge < -0.3 is 10.2 Å². The molecule has 0 fully saturated rings. The summed E-state index contributed by atoms with van der Waals surface area (Å²) in [6.07, 6.45) is 5.69. The van der Waals surface area contributed by atoms with E-state index in [9.17, 15) is 4.79 Å². The summed E-state index contributed by atoms with van der Waals surface area (Å²) in [5.74, 6) is 0.123. The van der Waals surface area contributed by atoms with Crippen LogP contribution in [0.1, 0.15) is 52.4 Å². The van der Waals surface area contributed by atoms with Gasteiger partial charge in [-0.3, -0.25) is 4.79 Å². The first-order chi connectivity index (χ1) is 7.97. The summed E-state index contributed by atoms with van der Waals surface area (Å²) in [6.45, 7) is 4.60. The number of aliphatic carboxylic acids is 1. The Morgan fingerprint density at radius 2 is 1.88 bits per heavy atom. The Labute approximate surface area is 127 Å². The molecule has 0 aliphatic heterocycles. The van der Waals surface area contributed by atoms with E-state index in [1.165, 1.54) is 57.3 Å². The molecule has 17 heavy (non-hydrogen) atoms. The molecule has 1 atom stereocenters. The van der Waals surface area contributed by atoms with Crippen molar-refractivity contribution in [1.29, 1.82) is 0 Å². The third kappa shape index (κ3) is 18.9. The fraction of sp³-hybridized carbons (Fsp3) is 0.833. The summed E-state index contributed by atoms with van der Waals surface area (Å²) in [4.78, 5) is 9.73. The molecule has 0 aromatic carbocycles. The average molecular weight is 270 g/mol. The van der Waals surface area contributed by atoms with Gasteiger partial charge in [0.05, 0.1) is 6.42 Å². The number of thiocarbonyl (C=S) groups is 1. The smallest absolute Gasteiger partial charge is 0.303 e. The molecule has 0 aliphatic carbocycles. The second-order valence-corrected chi connectivity index (χ2v) is 5.40. The van der Waals surface area contributed by atoms with Crippen molar-refractivity contribution in [3.63, 3.8) is 0 Å². The molecule has 0 saturated carbocycles. The third-order valence-electron chi connectivity index (χ3n) is 2.67. The zero-order valence-electron chi connectivity index (χ0n) is 11.2. The molecule has 96 valence electrons. The number of unbranched alkanes of at least 4 members (excludes halogenated alkanes) is 1. The summed E-state index contributed by atoms with van der Waals surface area (Å²) in [7, 11) is 0. The first-order valence-corrected chi connectivity index (χ1v) is 8.23. The van der Waals surface area contributed by atoms with Gasteiger partial charge in [0.15, 0.2) is 5.05 Å². The zero-order valence-corrected chi connectivity index (χ0v) is 14.1. The maximum Gasteiger partial charge on any atom is 0.303 e. The van der Waals surface area contributed by atoms with Gasteiger partial charge in [-0.1, -0.05) is 0 Å². The molecule has 0 aliphatic rings. The molecule has 0 spiro atoms. The van der Waals surface area contributed by atoms with Crippen molar-refractivity contribution in [2.24, 2.45) is 5.92 Å². The number of carbonyl (C=O) groups is 1. The van der Waals surface area contributed by atoms with Gasteiger partial charge in [-0.05, 0) is 12.2 Å². The molecule has 0 aromatic heterocycles. The summed E-state index contributed by atoms with van der Waals surface area (Å²) in [6, 6.07) is 0. The molecule has 0 amide bonds. The van der Waals surface area contributed by atoms with Crippen LogP contribution < -0.4 is 0 Å². The second-order valence-electron chi connectivity index (χ2n) is 4.11. The Kier molecular flexibility index (Phi) is 16.7. The van der Waals surface area contributed by atoms with Gasteiger partial charge in [0, 0.05) is 6.42 Å². The minimum absolute atomic E-state index is 0.0741. The molecule has 5 heteroatoms. The molecule has 1 unspecified atom stereocenters. The first kappa shape index (κ1) is 19.7. The van der Waals surface area contributed by atoms with Crippen LogP contribution in [0.4, 0.5) is 0 Å². The van der Waals surface area contributed by atoms with Crippen LogP contribution in [0.3, 0.4) is 0 Å². The van der Waals surface area contributed by atoms with E-state index in [4.69, 9.17) is 10.2 Å². The quantitative estimate of drug-likeness (QED) is 0.523. The van der Waals surface area contributed by atoms with E-state index in [0.717, 1.165) is 5.92 Å². The SMILES string of the molecule is CCCCC(CC)[CH2][Na].O=C(O)CCC(O)=S. The third-order valence-corrected chi connectivity index (χ3v) is 4.03. The number of aliphatic hydroxyl groups excluding tert-OH is 1. The zero-order chi connectivity index (χ0) is 13.7. The van der Waals surface area contributed by atoms with Crippen LogP contribution in [0.2, 0.25) is 3.67 Å². The van der Waals surface area contributed by atoms with Crippen LogP contribution in [-0.2, 0) is 4.79 Å². The van der Waals surface area contributed by atoms with Gasteiger partial charge in [-0.15, -0.1) is 0 Å². The molecule has 0 aromatic rings. The number of hydrogen-bond acceptors (Lipinski definition) is 2. The van der Waals surface area contributed by atoms with Crippen molar-refractivity contribution in [1.82, 2.24) is 0 Å². The largest absolute Gasteiger partial charge is 0.502 e. The predicted octanol–water partition coefficient (Wildman–Crippen LogP) is 3.53. The predicted molar refractivity (Wildman–Crippen MR) is 76.0 cm³/mol. The van der Waals surface area contributed by atoms with Crippen LogP contribution in [-0.4, -0.2) is 49.2 Å². The Bertz CT molecular complexity index is 192. The van der Waals surface area contributed by atoms with Gasteiger partial charge in [0.1, 0.15) is 0 Å². The van der Waals surface area contributed by atoms with Crippen molar-refractivity contribution in [2.75, 3.05) is 0 Å². The van der Waals surface area contributed by atoms with E-state index in [1.54, 1.807) is 0 Å². The molecule has 0 bridgehead atoms. The van der Waals surface area contributed by atoms with Crippen molar-refractivity contribution in [2.45, 2.75) is 56.0 Å². The van der Waals surface area contributed by atoms with Gasteiger partial charge >= 0.3 is 83.0 Å². The maximum absolute atomic E-state index is 9.73. The van der Waals surface area contributed by atoms with Gasteiger partial charge in [0.2, 0.25) is 0 Å². The van der Waals surface area contributed by atoms with E-state index in [2.05, 4.69) is 26.1 Å². The first-order valence-electron chi connectivity index (χ1n) is 6.41. The number of hydrogen-bond donors (Lipinski definition) is 2. The molecule has 0 saturated heterocycles. The van der Waals surface area contributed by atoms with Crippen molar-refractivity contribution >= 4 is 51.2 Å². The van der Waals surface area contributed by atoms with Gasteiger partial charge in [-0.25, -0.2) is 0 Å². The van der Waals surface area contributed by atoms with Gasteiger partial charge in [0.25, 0.3) is 0 Å². The van der Waals surface area contributed by atoms with E-state index < -0.39 is 5.97 Å². The van der Waals surface area contributed by atoms with Crippen LogP contribution in [0.25, 0.3) is 0 Å². The van der Waals surface area contributed by atoms with Crippen molar-refractivity contribution < 1.29 is 15.0 Å². The Morgan fingerprint density at radius 1 is 1.29 bits per heavy atom. The molecule has 0 radical (unpaired) electrons. The van der Waals surface area contributed by atoms with E-state index in [-0.39, 0.29) is 17.9 Å². The van der Waals surface area contributed by atoms with E-state index >= 15 is 0 Å². The maximum atomic E-state index is 9.73. The summed E-state index contributed by atoms with van der Waals surface area (Å²) in [5.41, 5.74) is 0. The minimum atomic E-state index is -0.943. The average Bonchev–Trinajstić information content (AvgIpc) is 2.29. The Hall–Kier alpha value is 0.360. The molecule has 3 nitrogen and oxygen atoms in total. The van der Waals surface area contributed by atoms with Crippen LogP contribution >= 0.6 is 12.2 Å². The number of rotatable bonds is 8. The van der Waals surface area contributed by atoms with Crippen LogP contribution in [0.5, 0.6) is 0 Å². The van der Waals surface area contributed by atoms with E-state index in [1.807, 2.05) is 0 Å². The molecule has 0 rings (SSSR count). The topological polar surface area (TPSA) is 57.5 Å². The van der Waals surface area contributed by atoms with Crippen molar-refractivity contribution in [3.8, 4) is 0 Å². The fourth-order valence-electron chi connectivity index (χ4n) is 1.40. The Balaban J connectivity index is 0. The molecule has 0 heterocycles. The molecule has 2 N–H and O–H groups in total. The van der Waals surface area contributed by atoms with E-state index in [0.29, 0.717) is 0 Å². The number of carboxylic acids is 1. The summed E-state index contributed by atoms with van der Waals surface area (Å²) < 4.78 is 1.51. The number of aliphatic hydroxyl groups is 1. The van der Waals surface area contributed by atoms with Gasteiger partial charge in [-0.2, -0.15) is 0 Å². The normalized spacial score (nSPS) is 11.3. The van der Waals surface area contributed by atoms with Crippen molar-refractivity contribution in [3.05, 3.63) is 0 Å². The second kappa shape index (κ2) is 14.4. The van der Waals surface area contributed by atoms with Crippen LogP contribution in [0.15, 0.2) is 0 Å². The molecular formula is C12H23NaO3S. The molecular weight excluding hydrogens is 247 g/mol. The fourth-order valence-corrected chi connectivity index (χ4v) is 2.49. The minimum Gasteiger partial charge on any atom is -0.502 e. The Morgan fingerprint density at radius 3 is 2.12 bits per heavy atom. The summed E-state index contributed by atoms with van der Waals surface area (Å²) in [5, 5.41) is 16.0. The monoisotopic (exact) mass is 270 g/mol. The van der Waals surface area contributed by atoms with Crippen LogP contribution in [0, 0.1) is 5.92 Å². The standard InChI is InChI=1S/C8H17.C4H6O3S.Na/c1-4-6-7-8(3)5-2;5-3(6)1-2-4(7)8;/h8H,3-7H2,1-2H3;1-2H2,(H,5,6)(H,7,8);. The summed E-state index contributed by atoms with van der Waals surface area (Å²) >= 11 is 5.60.